The number of nitro benzene ring substituents is 1. The maximum absolute atomic E-state index is 11.6. The number of benzene rings is 1. The average Bonchev–Trinajstić information content (AvgIpc) is 2.40. The van der Waals surface area contributed by atoms with Crippen LogP contribution in [0.25, 0.3) is 0 Å². The van der Waals surface area contributed by atoms with Gasteiger partial charge in [-0.05, 0) is 30.8 Å². The molecule has 0 bridgehead atoms. The maximum Gasteiger partial charge on any atom is 0.289 e. The van der Waals surface area contributed by atoms with E-state index in [1.807, 2.05) is 0 Å². The highest BCUT2D eigenvalue weighted by molar-refractivity contribution is 7.80. The zero-order valence-electron chi connectivity index (χ0n) is 11.5. The molecule has 1 amide bonds. The monoisotopic (exact) mass is 329 g/mol. The van der Waals surface area contributed by atoms with E-state index in [1.165, 1.54) is 12.1 Å². The third kappa shape index (κ3) is 6.05. The maximum atomic E-state index is 11.6. The summed E-state index contributed by atoms with van der Waals surface area (Å²) in [6.07, 6.45) is 3.22. The summed E-state index contributed by atoms with van der Waals surface area (Å²) in [5, 5.41) is 16.2. The zero-order valence-corrected chi connectivity index (χ0v) is 13.1. The van der Waals surface area contributed by atoms with Crippen molar-refractivity contribution in [2.75, 3.05) is 5.32 Å². The molecule has 0 spiro atoms. The van der Waals surface area contributed by atoms with E-state index in [1.54, 1.807) is 6.07 Å². The molecule has 0 saturated carbocycles. The Labute approximate surface area is 133 Å². The van der Waals surface area contributed by atoms with Gasteiger partial charge in [-0.15, -0.1) is 0 Å². The normalized spacial score (nSPS) is 10.0. The summed E-state index contributed by atoms with van der Waals surface area (Å²) in [5.74, 6) is -0.176. The van der Waals surface area contributed by atoms with Crippen LogP contribution in [0.15, 0.2) is 18.2 Å². The largest absolute Gasteiger partial charge is 0.332 e. The third-order valence-electron chi connectivity index (χ3n) is 2.66. The molecule has 0 radical (unpaired) electrons. The first kappa shape index (κ1) is 17.3. The van der Waals surface area contributed by atoms with E-state index in [0.717, 1.165) is 19.3 Å². The van der Waals surface area contributed by atoms with Gasteiger partial charge in [0.2, 0.25) is 5.91 Å². The number of rotatable bonds is 6. The van der Waals surface area contributed by atoms with Crippen molar-refractivity contribution in [3.8, 4) is 0 Å². The Morgan fingerprint density at radius 2 is 2.14 bits per heavy atom. The van der Waals surface area contributed by atoms with Crippen LogP contribution < -0.4 is 10.6 Å². The van der Waals surface area contributed by atoms with Gasteiger partial charge in [-0.2, -0.15) is 0 Å². The Morgan fingerprint density at radius 1 is 1.43 bits per heavy atom. The molecule has 0 atom stereocenters. The number of amides is 1. The summed E-state index contributed by atoms with van der Waals surface area (Å²) in [6.45, 7) is 2.05. The molecule has 114 valence electrons. The highest BCUT2D eigenvalue weighted by Crippen LogP contribution is 2.27. The Bertz CT molecular complexity index is 551. The second kappa shape index (κ2) is 8.53. The lowest BCUT2D eigenvalue weighted by molar-refractivity contribution is -0.384. The summed E-state index contributed by atoms with van der Waals surface area (Å²) >= 11 is 10.7. The van der Waals surface area contributed by atoms with Crippen molar-refractivity contribution < 1.29 is 9.72 Å². The van der Waals surface area contributed by atoms with Crippen LogP contribution in [0, 0.1) is 10.1 Å². The number of anilines is 1. The molecule has 1 rings (SSSR count). The molecule has 0 aliphatic rings. The topological polar surface area (TPSA) is 84.3 Å². The highest BCUT2D eigenvalue weighted by Gasteiger charge is 2.13. The molecule has 21 heavy (non-hydrogen) atoms. The summed E-state index contributed by atoms with van der Waals surface area (Å²) in [4.78, 5) is 21.8. The number of carbonyl (C=O) groups excluding carboxylic acids is 1. The van der Waals surface area contributed by atoms with Gasteiger partial charge in [-0.1, -0.05) is 31.4 Å². The molecule has 1 aromatic rings. The van der Waals surface area contributed by atoms with E-state index in [9.17, 15) is 14.9 Å². The van der Waals surface area contributed by atoms with Crippen molar-refractivity contribution in [1.82, 2.24) is 5.32 Å². The molecule has 8 heteroatoms. The smallest absolute Gasteiger partial charge is 0.289 e. The summed E-state index contributed by atoms with van der Waals surface area (Å²) in [7, 11) is 0. The van der Waals surface area contributed by atoms with Gasteiger partial charge >= 0.3 is 0 Å². The Balaban J connectivity index is 2.57. The standard InChI is InChI=1S/C13H16ClN3O3S/c1-2-3-4-5-12(18)16-13(21)15-9-6-7-10(14)11(8-9)17(19)20/h6-8H,2-5H2,1H3,(H2,15,16,18,21). The number of hydrogen-bond donors (Lipinski definition) is 2. The lowest BCUT2D eigenvalue weighted by Gasteiger charge is -2.09. The van der Waals surface area contributed by atoms with Gasteiger partial charge in [-0.25, -0.2) is 0 Å². The van der Waals surface area contributed by atoms with Gasteiger partial charge in [0.1, 0.15) is 5.02 Å². The van der Waals surface area contributed by atoms with Crippen LogP contribution in [0.5, 0.6) is 0 Å². The molecule has 6 nitrogen and oxygen atoms in total. The summed E-state index contributed by atoms with van der Waals surface area (Å²) in [6, 6.07) is 4.20. The van der Waals surface area contributed by atoms with E-state index >= 15 is 0 Å². The second-order valence-corrected chi connectivity index (χ2v) is 5.20. The predicted molar refractivity (Wildman–Crippen MR) is 86.6 cm³/mol. The van der Waals surface area contributed by atoms with Gasteiger partial charge in [0.15, 0.2) is 5.11 Å². The number of unbranched alkanes of at least 4 members (excludes halogenated alkanes) is 2. The van der Waals surface area contributed by atoms with Crippen LogP contribution in [0.2, 0.25) is 5.02 Å². The molecule has 0 unspecified atom stereocenters. The number of carbonyl (C=O) groups is 1. The quantitative estimate of drug-likeness (QED) is 0.360. The van der Waals surface area contributed by atoms with Crippen LogP contribution in [0.3, 0.4) is 0 Å². The van der Waals surface area contributed by atoms with E-state index in [-0.39, 0.29) is 21.7 Å². The minimum atomic E-state index is -0.583. The summed E-state index contributed by atoms with van der Waals surface area (Å²) < 4.78 is 0. The first-order valence-electron chi connectivity index (χ1n) is 6.48. The molecule has 0 aliphatic carbocycles. The predicted octanol–water partition coefficient (Wildman–Crippen LogP) is 3.64. The minimum absolute atomic E-state index is 0.0417. The number of nitrogens with one attached hydrogen (secondary N) is 2. The van der Waals surface area contributed by atoms with Gasteiger partial charge < -0.3 is 10.6 Å². The van der Waals surface area contributed by atoms with Crippen LogP contribution in [0.1, 0.15) is 32.6 Å². The fourth-order valence-electron chi connectivity index (χ4n) is 1.62. The van der Waals surface area contributed by atoms with Crippen molar-refractivity contribution in [3.63, 3.8) is 0 Å². The number of nitrogens with zero attached hydrogens (tertiary/aromatic N) is 1. The molecule has 1 aromatic carbocycles. The van der Waals surface area contributed by atoms with E-state index in [4.69, 9.17) is 23.8 Å². The number of nitro groups is 1. The van der Waals surface area contributed by atoms with Crippen LogP contribution in [-0.4, -0.2) is 15.9 Å². The number of halogens is 1. The lowest BCUT2D eigenvalue weighted by atomic mass is 10.2. The van der Waals surface area contributed by atoms with E-state index in [2.05, 4.69) is 17.6 Å². The number of hydrogen-bond acceptors (Lipinski definition) is 4. The lowest BCUT2D eigenvalue weighted by Crippen LogP contribution is -2.33. The summed E-state index contributed by atoms with van der Waals surface area (Å²) in [5.41, 5.74) is 0.170. The van der Waals surface area contributed by atoms with Gasteiger partial charge in [0.05, 0.1) is 4.92 Å². The molecule has 0 saturated heterocycles. The molecule has 0 aliphatic heterocycles. The molecular formula is C13H16ClN3O3S. The fourth-order valence-corrected chi connectivity index (χ4v) is 2.04. The molecule has 0 fully saturated rings. The molecule has 0 aromatic heterocycles. The van der Waals surface area contributed by atoms with Crippen molar-refractivity contribution >= 4 is 46.2 Å². The Hall–Kier alpha value is -1.73. The second-order valence-electron chi connectivity index (χ2n) is 4.38. The van der Waals surface area contributed by atoms with E-state index in [0.29, 0.717) is 12.1 Å². The SMILES string of the molecule is CCCCCC(=O)NC(=S)Nc1ccc(Cl)c([N+](=O)[O-])c1. The highest BCUT2D eigenvalue weighted by atomic mass is 35.5. The Kier molecular flexibility index (Phi) is 7.04. The van der Waals surface area contributed by atoms with Crippen LogP contribution in [0.4, 0.5) is 11.4 Å². The van der Waals surface area contributed by atoms with Gasteiger partial charge in [0, 0.05) is 18.2 Å². The minimum Gasteiger partial charge on any atom is -0.332 e. The van der Waals surface area contributed by atoms with Gasteiger partial charge in [0.25, 0.3) is 5.69 Å². The molecular weight excluding hydrogens is 314 g/mol. The van der Waals surface area contributed by atoms with Crippen molar-refractivity contribution in [2.45, 2.75) is 32.6 Å². The molecule has 0 heterocycles. The first-order chi connectivity index (χ1) is 9.93. The third-order valence-corrected chi connectivity index (χ3v) is 3.18. The van der Waals surface area contributed by atoms with Crippen molar-refractivity contribution in [1.29, 1.82) is 0 Å². The average molecular weight is 330 g/mol. The molecule has 2 N–H and O–H groups in total. The van der Waals surface area contributed by atoms with E-state index < -0.39 is 4.92 Å². The van der Waals surface area contributed by atoms with Crippen molar-refractivity contribution in [2.24, 2.45) is 0 Å². The van der Waals surface area contributed by atoms with Gasteiger partial charge in [-0.3, -0.25) is 14.9 Å². The number of thiocarbonyl (C=S) groups is 1. The van der Waals surface area contributed by atoms with Crippen LogP contribution >= 0.6 is 23.8 Å². The van der Waals surface area contributed by atoms with Crippen molar-refractivity contribution in [3.05, 3.63) is 33.3 Å². The van der Waals surface area contributed by atoms with Crippen LogP contribution in [-0.2, 0) is 4.79 Å². The zero-order chi connectivity index (χ0) is 15.8. The Morgan fingerprint density at radius 3 is 2.76 bits per heavy atom. The fraction of sp³-hybridized carbons (Fsp3) is 0.385. The first-order valence-corrected chi connectivity index (χ1v) is 7.27.